The summed E-state index contributed by atoms with van der Waals surface area (Å²) in [6.45, 7) is 0.717. The van der Waals surface area contributed by atoms with Crippen molar-refractivity contribution >= 4 is 12.2 Å². The topological polar surface area (TPSA) is 42.8 Å². The summed E-state index contributed by atoms with van der Waals surface area (Å²) >= 11 is 5.20. The van der Waals surface area contributed by atoms with Gasteiger partial charge in [0.2, 0.25) is 0 Å². The van der Waals surface area contributed by atoms with Gasteiger partial charge in [-0.25, -0.2) is 0 Å². The lowest BCUT2D eigenvalue weighted by molar-refractivity contribution is 0.255. The van der Waals surface area contributed by atoms with Crippen LogP contribution in [0.2, 0.25) is 0 Å². The first-order valence-corrected chi connectivity index (χ1v) is 5.60. The Bertz CT molecular complexity index is 560. The van der Waals surface area contributed by atoms with Gasteiger partial charge in [0.25, 0.3) is 0 Å². The van der Waals surface area contributed by atoms with Crippen molar-refractivity contribution in [2.45, 2.75) is 12.5 Å². The second-order valence-electron chi connectivity index (χ2n) is 3.76. The largest absolute Gasteiger partial charge is 0.493 e. The summed E-state index contributed by atoms with van der Waals surface area (Å²) in [6, 6.07) is 8.30. The number of hydrogen-bond donors (Lipinski definition) is 1. The molecule has 16 heavy (non-hydrogen) atoms. The van der Waals surface area contributed by atoms with E-state index in [-0.39, 0.29) is 6.04 Å². The number of nitrogens with zero attached hydrogens (tertiary/aromatic N) is 2. The van der Waals surface area contributed by atoms with E-state index in [0.29, 0.717) is 11.4 Å². The quantitative estimate of drug-likeness (QED) is 0.769. The van der Waals surface area contributed by atoms with Gasteiger partial charge in [0.15, 0.2) is 4.77 Å². The van der Waals surface area contributed by atoms with Gasteiger partial charge in [-0.2, -0.15) is 5.10 Å². The van der Waals surface area contributed by atoms with Crippen LogP contribution < -0.4 is 4.74 Å². The lowest BCUT2D eigenvalue weighted by Crippen LogP contribution is -2.19. The molecule has 82 valence electrons. The monoisotopic (exact) mass is 233 g/mol. The Morgan fingerprint density at radius 3 is 3.12 bits per heavy atom. The average Bonchev–Trinajstić information content (AvgIpc) is 2.75. The predicted molar refractivity (Wildman–Crippen MR) is 62.1 cm³/mol. The van der Waals surface area contributed by atoms with E-state index in [9.17, 15) is 0 Å². The third-order valence-corrected chi connectivity index (χ3v) is 3.14. The molecule has 0 fully saturated rings. The Hall–Kier alpha value is -1.62. The average molecular weight is 233 g/mol. The van der Waals surface area contributed by atoms with Crippen LogP contribution in [0.5, 0.6) is 5.75 Å². The third kappa shape index (κ3) is 1.44. The zero-order valence-electron chi connectivity index (χ0n) is 8.59. The number of rotatable bonds is 1. The summed E-state index contributed by atoms with van der Waals surface area (Å²) in [6.07, 6.45) is 2.67. The molecule has 0 saturated carbocycles. The third-order valence-electron chi connectivity index (χ3n) is 2.84. The van der Waals surface area contributed by atoms with Gasteiger partial charge in [0, 0.05) is 12.0 Å². The highest BCUT2D eigenvalue weighted by atomic mass is 32.1. The fourth-order valence-electron chi connectivity index (χ4n) is 2.09. The molecule has 0 bridgehead atoms. The fourth-order valence-corrected chi connectivity index (χ4v) is 2.32. The van der Waals surface area contributed by atoms with Crippen molar-refractivity contribution in [3.8, 4) is 5.75 Å². The maximum absolute atomic E-state index is 5.61. The van der Waals surface area contributed by atoms with Gasteiger partial charge in [-0.3, -0.25) is 9.67 Å². The van der Waals surface area contributed by atoms with E-state index in [1.165, 1.54) is 5.56 Å². The van der Waals surface area contributed by atoms with Gasteiger partial charge >= 0.3 is 0 Å². The van der Waals surface area contributed by atoms with Crippen LogP contribution in [0, 0.1) is 4.77 Å². The maximum Gasteiger partial charge on any atom is 0.195 e. The maximum atomic E-state index is 5.61. The van der Waals surface area contributed by atoms with Crippen molar-refractivity contribution < 1.29 is 4.74 Å². The van der Waals surface area contributed by atoms with E-state index in [0.717, 1.165) is 12.2 Å². The number of ether oxygens (including phenoxy) is 1. The Morgan fingerprint density at radius 1 is 1.44 bits per heavy atom. The first-order valence-electron chi connectivity index (χ1n) is 5.19. The highest BCUT2D eigenvalue weighted by Gasteiger charge is 2.22. The highest BCUT2D eigenvalue weighted by Crippen LogP contribution is 2.34. The Morgan fingerprint density at radius 2 is 2.31 bits per heavy atom. The van der Waals surface area contributed by atoms with Crippen LogP contribution >= 0.6 is 12.2 Å². The minimum absolute atomic E-state index is 0.233. The van der Waals surface area contributed by atoms with Crippen LogP contribution in [-0.4, -0.2) is 21.4 Å². The molecule has 4 nitrogen and oxygen atoms in total. The lowest BCUT2D eigenvalue weighted by atomic mass is 10.0. The Labute approximate surface area is 97.9 Å². The molecule has 5 heteroatoms. The summed E-state index contributed by atoms with van der Waals surface area (Å²) < 4.78 is 8.25. The van der Waals surface area contributed by atoms with Crippen LogP contribution in [0.15, 0.2) is 30.6 Å². The van der Waals surface area contributed by atoms with E-state index in [2.05, 4.69) is 16.3 Å². The molecule has 0 saturated heterocycles. The van der Waals surface area contributed by atoms with E-state index >= 15 is 0 Å². The first-order chi connectivity index (χ1) is 7.86. The van der Waals surface area contributed by atoms with Crippen molar-refractivity contribution in [3.05, 3.63) is 40.9 Å². The van der Waals surface area contributed by atoms with Crippen molar-refractivity contribution in [1.82, 2.24) is 14.8 Å². The van der Waals surface area contributed by atoms with Crippen molar-refractivity contribution in [1.29, 1.82) is 0 Å². The van der Waals surface area contributed by atoms with Crippen LogP contribution in [0.25, 0.3) is 0 Å². The Balaban J connectivity index is 2.12. The number of para-hydroxylation sites is 1. The molecule has 0 amide bonds. The number of benzene rings is 1. The van der Waals surface area contributed by atoms with Gasteiger partial charge in [-0.15, -0.1) is 0 Å². The second kappa shape index (κ2) is 3.75. The van der Waals surface area contributed by atoms with Gasteiger partial charge < -0.3 is 4.74 Å². The SMILES string of the molecule is S=c1[nH]ncn1C1CCOc2ccccc21. The van der Waals surface area contributed by atoms with E-state index in [1.807, 2.05) is 22.8 Å². The summed E-state index contributed by atoms with van der Waals surface area (Å²) in [7, 11) is 0. The van der Waals surface area contributed by atoms with Crippen LogP contribution in [0.3, 0.4) is 0 Å². The molecule has 1 aliphatic rings. The fraction of sp³-hybridized carbons (Fsp3) is 0.273. The molecule has 2 aromatic rings. The number of aromatic nitrogens is 3. The first kappa shape index (κ1) is 9.59. The second-order valence-corrected chi connectivity index (χ2v) is 4.15. The minimum atomic E-state index is 0.233. The smallest absolute Gasteiger partial charge is 0.195 e. The summed E-state index contributed by atoms with van der Waals surface area (Å²) in [5, 5.41) is 6.75. The number of hydrogen-bond acceptors (Lipinski definition) is 3. The summed E-state index contributed by atoms with van der Waals surface area (Å²) in [4.78, 5) is 0. The van der Waals surface area contributed by atoms with Crippen LogP contribution in [0.4, 0.5) is 0 Å². The van der Waals surface area contributed by atoms with E-state index in [4.69, 9.17) is 17.0 Å². The van der Waals surface area contributed by atoms with E-state index < -0.39 is 0 Å². The molecule has 1 aromatic heterocycles. The molecule has 0 radical (unpaired) electrons. The zero-order valence-corrected chi connectivity index (χ0v) is 9.41. The van der Waals surface area contributed by atoms with Gasteiger partial charge in [-0.1, -0.05) is 18.2 Å². The highest BCUT2D eigenvalue weighted by molar-refractivity contribution is 7.71. The number of nitrogens with one attached hydrogen (secondary N) is 1. The molecule has 1 unspecified atom stereocenters. The summed E-state index contributed by atoms with van der Waals surface area (Å²) in [5.41, 5.74) is 1.17. The minimum Gasteiger partial charge on any atom is -0.493 e. The molecule has 0 spiro atoms. The molecule has 3 rings (SSSR count). The van der Waals surface area contributed by atoms with Gasteiger partial charge in [-0.05, 0) is 18.3 Å². The van der Waals surface area contributed by atoms with Crippen LogP contribution in [0.1, 0.15) is 18.0 Å². The summed E-state index contributed by atoms with van der Waals surface area (Å²) in [5.74, 6) is 0.946. The molecule has 1 aliphatic heterocycles. The van der Waals surface area contributed by atoms with Crippen molar-refractivity contribution in [3.63, 3.8) is 0 Å². The normalized spacial score (nSPS) is 18.9. The van der Waals surface area contributed by atoms with E-state index in [1.54, 1.807) is 6.33 Å². The van der Waals surface area contributed by atoms with Gasteiger partial charge in [0.1, 0.15) is 12.1 Å². The molecule has 0 aliphatic carbocycles. The molecule has 1 aromatic carbocycles. The molecule has 1 N–H and O–H groups in total. The van der Waals surface area contributed by atoms with Crippen LogP contribution in [-0.2, 0) is 0 Å². The number of H-pyrrole nitrogens is 1. The standard InChI is InChI=1S/C11H11N3OS/c16-11-13-12-7-14(11)9-5-6-15-10-4-2-1-3-8(9)10/h1-4,7,9H,5-6H2,(H,13,16). The Kier molecular flexibility index (Phi) is 2.25. The molecule has 1 atom stereocenters. The van der Waals surface area contributed by atoms with Crippen molar-refractivity contribution in [2.75, 3.05) is 6.61 Å². The molecular formula is C11H11N3OS. The number of fused-ring (bicyclic) bond motifs is 1. The lowest BCUT2D eigenvalue weighted by Gasteiger charge is -2.26. The number of aromatic amines is 1. The van der Waals surface area contributed by atoms with Gasteiger partial charge in [0.05, 0.1) is 12.6 Å². The van der Waals surface area contributed by atoms with Crippen molar-refractivity contribution in [2.24, 2.45) is 0 Å². The predicted octanol–water partition coefficient (Wildman–Crippen LogP) is 2.31. The molecular weight excluding hydrogens is 222 g/mol. The molecule has 2 heterocycles. The zero-order chi connectivity index (χ0) is 11.0.